The molecule has 1 N–H and O–H groups in total. The summed E-state index contributed by atoms with van der Waals surface area (Å²) in [6.07, 6.45) is -0.284. The monoisotopic (exact) mass is 760 g/mol. The minimum Gasteiger partial charge on any atom is -0.426 e. The van der Waals surface area contributed by atoms with Crippen LogP contribution in [0.3, 0.4) is 0 Å². The maximum absolute atomic E-state index is 14.0. The summed E-state index contributed by atoms with van der Waals surface area (Å²) in [5.41, 5.74) is -0.424. The molecular weight excluding hydrogens is 717 g/mol. The molecule has 2 atom stereocenters. The second-order valence-electron chi connectivity index (χ2n) is 13.9. The molecule has 1 aromatic heterocycles. The molecule has 0 saturated carbocycles. The molecule has 0 aliphatic carbocycles. The predicted molar refractivity (Wildman–Crippen MR) is 192 cm³/mol. The Morgan fingerprint density at radius 3 is 1.86 bits per heavy atom. The van der Waals surface area contributed by atoms with Crippen LogP contribution < -0.4 is 14.2 Å². The van der Waals surface area contributed by atoms with Crippen LogP contribution >= 0.6 is 11.3 Å². The maximum atomic E-state index is 14.0. The molecule has 1 aliphatic heterocycles. The third-order valence-corrected chi connectivity index (χ3v) is 14.6. The van der Waals surface area contributed by atoms with E-state index < -0.39 is 59.8 Å². The summed E-state index contributed by atoms with van der Waals surface area (Å²) < 4.78 is 66.5. The fourth-order valence-corrected chi connectivity index (χ4v) is 11.4. The molecule has 51 heavy (non-hydrogen) atoms. The molecule has 0 bridgehead atoms. The van der Waals surface area contributed by atoms with E-state index in [-0.39, 0.29) is 51.4 Å². The number of esters is 2. The predicted octanol–water partition coefficient (Wildman–Crippen LogP) is 5.59. The lowest BCUT2D eigenvalue weighted by Gasteiger charge is -2.38. The van der Waals surface area contributed by atoms with Crippen LogP contribution in [-0.4, -0.2) is 57.3 Å². The maximum Gasteiger partial charge on any atom is 0.308 e. The normalized spacial score (nSPS) is 17.2. The van der Waals surface area contributed by atoms with Gasteiger partial charge in [-0.1, -0.05) is 64.1 Å². The van der Waals surface area contributed by atoms with Crippen molar-refractivity contribution in [1.82, 2.24) is 9.62 Å². The number of thiophene rings is 1. The zero-order valence-corrected chi connectivity index (χ0v) is 32.4. The molecule has 276 valence electrons. The van der Waals surface area contributed by atoms with Gasteiger partial charge in [-0.25, -0.2) is 21.6 Å². The van der Waals surface area contributed by atoms with Gasteiger partial charge in [-0.15, -0.1) is 11.3 Å². The van der Waals surface area contributed by atoms with Crippen LogP contribution in [-0.2, 0) is 49.9 Å². The first-order valence-electron chi connectivity index (χ1n) is 16.4. The van der Waals surface area contributed by atoms with E-state index in [1.165, 1.54) is 26.8 Å². The molecule has 0 radical (unpaired) electrons. The molecular formula is C36H44N2O10S3. The summed E-state index contributed by atoms with van der Waals surface area (Å²) in [4.78, 5) is 52.2. The number of para-hydroxylation sites is 2. The van der Waals surface area contributed by atoms with Gasteiger partial charge in [-0.3, -0.25) is 19.2 Å². The molecule has 15 heteroatoms. The first-order valence-corrected chi connectivity index (χ1v) is 20.2. The molecule has 0 unspecified atom stereocenters. The smallest absolute Gasteiger partial charge is 0.308 e. The lowest BCUT2D eigenvalue weighted by atomic mass is 9.80. The Morgan fingerprint density at radius 2 is 1.37 bits per heavy atom. The van der Waals surface area contributed by atoms with Gasteiger partial charge in [0.05, 0.1) is 11.3 Å². The van der Waals surface area contributed by atoms with Crippen LogP contribution in [0.15, 0.2) is 63.0 Å². The van der Waals surface area contributed by atoms with E-state index in [1.807, 2.05) is 13.8 Å². The number of amides is 2. The number of sulfonamides is 1. The van der Waals surface area contributed by atoms with Gasteiger partial charge >= 0.3 is 11.9 Å². The minimum absolute atomic E-state index is 0.0200. The molecule has 4 rings (SSSR count). The van der Waals surface area contributed by atoms with E-state index in [4.69, 9.17) is 9.47 Å². The lowest BCUT2D eigenvalue weighted by Crippen LogP contribution is -2.42. The van der Waals surface area contributed by atoms with E-state index in [0.29, 0.717) is 28.2 Å². The van der Waals surface area contributed by atoms with Crippen molar-refractivity contribution in [2.75, 3.05) is 6.54 Å². The summed E-state index contributed by atoms with van der Waals surface area (Å²) in [6, 6.07) is 14.0. The summed E-state index contributed by atoms with van der Waals surface area (Å²) >= 11 is 0.545. The molecule has 0 saturated heterocycles. The molecule has 0 fully saturated rings. The van der Waals surface area contributed by atoms with E-state index in [2.05, 4.69) is 4.72 Å². The van der Waals surface area contributed by atoms with Crippen molar-refractivity contribution < 1.29 is 45.5 Å². The number of sulfone groups is 1. The van der Waals surface area contributed by atoms with Gasteiger partial charge in [0.1, 0.15) is 19.9 Å². The van der Waals surface area contributed by atoms with Gasteiger partial charge in [-0.05, 0) is 38.5 Å². The number of nitrogens with one attached hydrogen (secondary N) is 1. The number of hydrogen-bond donors (Lipinski definition) is 1. The van der Waals surface area contributed by atoms with Crippen LogP contribution in [0.2, 0.25) is 0 Å². The number of carbonyl (C=O) groups is 4. The van der Waals surface area contributed by atoms with Crippen molar-refractivity contribution in [1.29, 1.82) is 0 Å². The van der Waals surface area contributed by atoms with Crippen LogP contribution in [0.4, 0.5) is 0 Å². The van der Waals surface area contributed by atoms with Gasteiger partial charge in [0, 0.05) is 60.8 Å². The topological polar surface area (TPSA) is 170 Å². The molecule has 2 heterocycles. The Balaban J connectivity index is 1.63. The van der Waals surface area contributed by atoms with Crippen molar-refractivity contribution in [2.45, 2.75) is 105 Å². The number of ether oxygens (including phenoxy) is 2. The molecule has 12 nitrogen and oxygen atoms in total. The largest absolute Gasteiger partial charge is 0.426 e. The number of fused-ring (bicyclic) bond motifs is 1. The Morgan fingerprint density at radius 1 is 0.882 bits per heavy atom. The number of rotatable bonds is 12. The first kappa shape index (κ1) is 39.7. The third kappa shape index (κ3) is 8.70. The second-order valence-corrected chi connectivity index (χ2v) is 19.4. The van der Waals surface area contributed by atoms with Gasteiger partial charge in [-0.2, -0.15) is 0 Å². The van der Waals surface area contributed by atoms with Crippen molar-refractivity contribution in [3.8, 4) is 11.5 Å². The third-order valence-electron chi connectivity index (χ3n) is 8.89. The standard InChI is InChI=1S/C36H44N2O10S3/c1-9-38(32(42)21-36(7,8)27-15-11-13-17-30(27)48-24(4)40)28-18-22(2)50(43,44)34-25(28)19-33(49-34)51(45,46)37-31(41)20-35(5,6)26-14-10-12-16-29(26)47-23(3)39/h10-17,19,22,28H,9,18,20-21H2,1-8H3,(H,37,41)/t22-,28-/m0/s1. The Labute approximate surface area is 303 Å². The Kier molecular flexibility index (Phi) is 11.6. The summed E-state index contributed by atoms with van der Waals surface area (Å²) in [6.45, 7) is 13.1. The average molecular weight is 761 g/mol. The molecule has 2 aromatic carbocycles. The van der Waals surface area contributed by atoms with Crippen molar-refractivity contribution in [2.24, 2.45) is 0 Å². The van der Waals surface area contributed by atoms with Gasteiger partial charge in [0.2, 0.25) is 11.8 Å². The molecule has 1 aliphatic rings. The minimum atomic E-state index is -4.54. The van der Waals surface area contributed by atoms with Gasteiger partial charge in [0.25, 0.3) is 10.0 Å². The fraction of sp³-hybridized carbons (Fsp3) is 0.444. The molecule has 2 amide bonds. The van der Waals surface area contributed by atoms with Crippen molar-refractivity contribution in [3.05, 3.63) is 71.3 Å². The molecule has 3 aromatic rings. The van der Waals surface area contributed by atoms with E-state index >= 15 is 0 Å². The van der Waals surface area contributed by atoms with Crippen LogP contribution in [0.25, 0.3) is 0 Å². The molecule has 0 spiro atoms. The quantitative estimate of drug-likeness (QED) is 0.181. The Hall–Kier alpha value is -4.08. The highest BCUT2D eigenvalue weighted by molar-refractivity contribution is 7.95. The van der Waals surface area contributed by atoms with E-state index in [9.17, 15) is 36.0 Å². The van der Waals surface area contributed by atoms with Crippen LogP contribution in [0.1, 0.15) is 97.4 Å². The highest BCUT2D eigenvalue weighted by Gasteiger charge is 2.44. The number of nitrogens with zero attached hydrogens (tertiary/aromatic N) is 1. The second kappa shape index (κ2) is 14.9. The van der Waals surface area contributed by atoms with Crippen LogP contribution in [0.5, 0.6) is 11.5 Å². The van der Waals surface area contributed by atoms with E-state index in [0.717, 1.165) is 0 Å². The SMILES string of the molecule is CCN(C(=O)CC(C)(C)c1ccccc1OC(C)=O)[C@H]1C[C@H](C)S(=O)(=O)c2sc(S(=O)(=O)NC(=O)CC(C)(C)c3ccccc3OC(C)=O)cc21. The zero-order valence-electron chi connectivity index (χ0n) is 29.9. The van der Waals surface area contributed by atoms with Crippen LogP contribution in [0, 0.1) is 0 Å². The zero-order chi connectivity index (χ0) is 38.1. The van der Waals surface area contributed by atoms with Gasteiger partial charge in [0.15, 0.2) is 9.84 Å². The van der Waals surface area contributed by atoms with Crippen molar-refractivity contribution in [3.63, 3.8) is 0 Å². The first-order chi connectivity index (χ1) is 23.6. The summed E-state index contributed by atoms with van der Waals surface area (Å²) in [5, 5.41) is -0.920. The average Bonchev–Trinajstić information content (AvgIpc) is 3.47. The highest BCUT2D eigenvalue weighted by Crippen LogP contribution is 2.46. The summed E-state index contributed by atoms with van der Waals surface area (Å²) in [5.74, 6) is -1.63. The number of benzene rings is 2. The fourth-order valence-electron chi connectivity index (χ4n) is 6.42. The van der Waals surface area contributed by atoms with E-state index in [1.54, 1.807) is 74.2 Å². The lowest BCUT2D eigenvalue weighted by molar-refractivity contribution is -0.135. The Bertz CT molecular complexity index is 2070. The highest BCUT2D eigenvalue weighted by atomic mass is 32.3. The summed E-state index contributed by atoms with van der Waals surface area (Å²) in [7, 11) is -8.49. The number of hydrogen-bond acceptors (Lipinski definition) is 11. The number of carbonyl (C=O) groups excluding carboxylic acids is 4. The van der Waals surface area contributed by atoms with Crippen molar-refractivity contribution >= 4 is 55.0 Å². The van der Waals surface area contributed by atoms with Gasteiger partial charge < -0.3 is 14.4 Å².